The Hall–Kier alpha value is -3.09. The van der Waals surface area contributed by atoms with Crippen LogP contribution in [-0.2, 0) is 20.0 Å². The standard InChI is InChI=1S/C20H17F3N2O5S2/c1-13-8-9-18(19(10-13)31(24,26)27)25-32(28,29)17-7-3-5-15(12-17)14-4-2-6-16(11-14)30-20(21,22)23/h2-12,25H,1H3,(H2,24,26,27). The average molecular weight is 486 g/mol. The van der Waals surface area contributed by atoms with Crippen molar-refractivity contribution in [2.75, 3.05) is 4.72 Å². The highest BCUT2D eigenvalue weighted by molar-refractivity contribution is 7.93. The lowest BCUT2D eigenvalue weighted by Gasteiger charge is -2.13. The first-order chi connectivity index (χ1) is 14.7. The van der Waals surface area contributed by atoms with Crippen LogP contribution < -0.4 is 14.6 Å². The van der Waals surface area contributed by atoms with Crippen molar-refractivity contribution < 1.29 is 34.7 Å². The minimum Gasteiger partial charge on any atom is -0.406 e. The maximum absolute atomic E-state index is 12.9. The minimum absolute atomic E-state index is 0.232. The van der Waals surface area contributed by atoms with E-state index in [4.69, 9.17) is 5.14 Å². The summed E-state index contributed by atoms with van der Waals surface area (Å²) in [5.41, 5.74) is 0.907. The third kappa shape index (κ3) is 5.78. The van der Waals surface area contributed by atoms with Gasteiger partial charge in [-0.1, -0.05) is 30.3 Å². The van der Waals surface area contributed by atoms with Gasteiger partial charge in [0.05, 0.1) is 10.6 Å². The number of sulfonamides is 2. The third-order valence-corrected chi connectivity index (χ3v) is 6.55. The zero-order valence-electron chi connectivity index (χ0n) is 16.4. The van der Waals surface area contributed by atoms with Crippen molar-refractivity contribution >= 4 is 25.7 Å². The maximum Gasteiger partial charge on any atom is 0.573 e. The number of aryl methyl sites for hydroxylation is 1. The van der Waals surface area contributed by atoms with Gasteiger partial charge in [0.15, 0.2) is 0 Å². The number of hydrogen-bond acceptors (Lipinski definition) is 5. The zero-order chi connectivity index (χ0) is 23.7. The number of alkyl halides is 3. The predicted molar refractivity (Wildman–Crippen MR) is 112 cm³/mol. The highest BCUT2D eigenvalue weighted by Crippen LogP contribution is 2.30. The molecule has 0 amide bonds. The van der Waals surface area contributed by atoms with E-state index in [9.17, 15) is 30.0 Å². The van der Waals surface area contributed by atoms with E-state index in [1.807, 2.05) is 0 Å². The number of nitrogens with two attached hydrogens (primary N) is 1. The van der Waals surface area contributed by atoms with E-state index in [0.717, 1.165) is 12.1 Å². The summed E-state index contributed by atoms with van der Waals surface area (Å²) in [6.45, 7) is 1.62. The van der Waals surface area contributed by atoms with E-state index in [2.05, 4.69) is 9.46 Å². The molecule has 0 radical (unpaired) electrons. The fourth-order valence-electron chi connectivity index (χ4n) is 2.87. The number of ether oxygens (including phenoxy) is 1. The predicted octanol–water partition coefficient (Wildman–Crippen LogP) is 4.01. The van der Waals surface area contributed by atoms with Crippen molar-refractivity contribution in [2.45, 2.75) is 23.1 Å². The van der Waals surface area contributed by atoms with Crippen LogP contribution in [0.3, 0.4) is 0 Å². The van der Waals surface area contributed by atoms with Gasteiger partial charge in [0.25, 0.3) is 10.0 Å². The first kappa shape index (κ1) is 23.6. The van der Waals surface area contributed by atoms with Crippen LogP contribution in [0.5, 0.6) is 5.75 Å². The van der Waals surface area contributed by atoms with Crippen LogP contribution in [0.25, 0.3) is 11.1 Å². The summed E-state index contributed by atoms with van der Waals surface area (Å²) in [5.74, 6) is -0.459. The Kier molecular flexibility index (Phi) is 6.22. The van der Waals surface area contributed by atoms with Gasteiger partial charge in [-0.2, -0.15) is 0 Å². The number of primary sulfonamides is 1. The lowest BCUT2D eigenvalue weighted by atomic mass is 10.1. The van der Waals surface area contributed by atoms with E-state index in [0.29, 0.717) is 11.1 Å². The molecule has 0 heterocycles. The smallest absolute Gasteiger partial charge is 0.406 e. The van der Waals surface area contributed by atoms with Crippen LogP contribution in [-0.4, -0.2) is 23.2 Å². The van der Waals surface area contributed by atoms with E-state index < -0.39 is 37.1 Å². The largest absolute Gasteiger partial charge is 0.573 e. The van der Waals surface area contributed by atoms with Gasteiger partial charge < -0.3 is 4.74 Å². The first-order valence-corrected chi connectivity index (χ1v) is 11.9. The van der Waals surface area contributed by atoms with Crippen molar-refractivity contribution in [1.82, 2.24) is 0 Å². The Morgan fingerprint density at radius 2 is 1.50 bits per heavy atom. The van der Waals surface area contributed by atoms with Gasteiger partial charge in [-0.25, -0.2) is 22.0 Å². The van der Waals surface area contributed by atoms with E-state index in [1.165, 1.54) is 54.6 Å². The van der Waals surface area contributed by atoms with Crippen molar-refractivity contribution in [3.63, 3.8) is 0 Å². The molecule has 0 spiro atoms. The summed E-state index contributed by atoms with van der Waals surface area (Å²) in [5, 5.41) is 5.19. The molecule has 0 atom stereocenters. The quantitative estimate of drug-likeness (QED) is 0.546. The Bertz CT molecular complexity index is 1370. The summed E-state index contributed by atoms with van der Waals surface area (Å²) in [6.07, 6.45) is -4.87. The van der Waals surface area contributed by atoms with Gasteiger partial charge in [-0.05, 0) is 60.0 Å². The molecule has 0 unspecified atom stereocenters. The van der Waals surface area contributed by atoms with Crippen molar-refractivity contribution in [1.29, 1.82) is 0 Å². The number of benzene rings is 3. The van der Waals surface area contributed by atoms with Gasteiger partial charge >= 0.3 is 6.36 Å². The van der Waals surface area contributed by atoms with Crippen LogP contribution >= 0.6 is 0 Å². The Morgan fingerprint density at radius 3 is 2.12 bits per heavy atom. The molecule has 0 aromatic heterocycles. The fraction of sp³-hybridized carbons (Fsp3) is 0.100. The topological polar surface area (TPSA) is 116 Å². The van der Waals surface area contributed by atoms with Gasteiger partial charge in [-0.3, -0.25) is 4.72 Å². The molecular weight excluding hydrogens is 469 g/mol. The Morgan fingerprint density at radius 1 is 0.875 bits per heavy atom. The fourth-order valence-corrected chi connectivity index (χ4v) is 4.83. The van der Waals surface area contributed by atoms with Crippen LogP contribution in [0.4, 0.5) is 18.9 Å². The number of hydrogen-bond donors (Lipinski definition) is 2. The average Bonchev–Trinajstić information content (AvgIpc) is 2.67. The summed E-state index contributed by atoms with van der Waals surface area (Å²) in [7, 11) is -8.47. The first-order valence-electron chi connectivity index (χ1n) is 8.87. The Labute approximate surface area is 182 Å². The van der Waals surface area contributed by atoms with Crippen LogP contribution in [0.1, 0.15) is 5.56 Å². The summed E-state index contributed by atoms with van der Waals surface area (Å²) in [6, 6.07) is 14.5. The molecule has 0 aliphatic rings. The molecule has 0 saturated carbocycles. The molecule has 32 heavy (non-hydrogen) atoms. The van der Waals surface area contributed by atoms with Gasteiger partial charge in [0, 0.05) is 0 Å². The molecule has 0 fully saturated rings. The molecule has 0 aliphatic carbocycles. The lowest BCUT2D eigenvalue weighted by Crippen LogP contribution is -2.19. The summed E-state index contributed by atoms with van der Waals surface area (Å²) >= 11 is 0. The number of rotatable bonds is 6. The number of nitrogens with one attached hydrogen (secondary N) is 1. The number of anilines is 1. The molecular formula is C20H17F3N2O5S2. The van der Waals surface area contributed by atoms with Crippen molar-refractivity contribution in [3.05, 3.63) is 72.3 Å². The van der Waals surface area contributed by atoms with Crippen molar-refractivity contribution in [2.24, 2.45) is 5.14 Å². The van der Waals surface area contributed by atoms with Gasteiger partial charge in [0.2, 0.25) is 10.0 Å². The molecule has 3 rings (SSSR count). The molecule has 170 valence electrons. The molecule has 0 aliphatic heterocycles. The second-order valence-electron chi connectivity index (χ2n) is 6.75. The second kappa shape index (κ2) is 8.45. The molecule has 7 nitrogen and oxygen atoms in total. The minimum atomic E-state index is -4.87. The summed E-state index contributed by atoms with van der Waals surface area (Å²) in [4.78, 5) is -0.632. The molecule has 3 aromatic carbocycles. The monoisotopic (exact) mass is 486 g/mol. The third-order valence-electron chi connectivity index (χ3n) is 4.23. The number of halogens is 3. The van der Waals surface area contributed by atoms with E-state index in [-0.39, 0.29) is 16.1 Å². The Balaban J connectivity index is 1.98. The van der Waals surface area contributed by atoms with Crippen LogP contribution in [0, 0.1) is 6.92 Å². The van der Waals surface area contributed by atoms with Gasteiger partial charge in [-0.15, -0.1) is 13.2 Å². The zero-order valence-corrected chi connectivity index (χ0v) is 18.1. The van der Waals surface area contributed by atoms with Crippen LogP contribution in [0.15, 0.2) is 76.5 Å². The van der Waals surface area contributed by atoms with Crippen LogP contribution in [0.2, 0.25) is 0 Å². The molecule has 3 aromatic rings. The van der Waals surface area contributed by atoms with E-state index >= 15 is 0 Å². The second-order valence-corrected chi connectivity index (χ2v) is 9.97. The normalized spacial score (nSPS) is 12.4. The molecule has 0 bridgehead atoms. The summed E-state index contributed by atoms with van der Waals surface area (Å²) < 4.78 is 93.0. The molecule has 3 N–H and O–H groups in total. The van der Waals surface area contributed by atoms with Gasteiger partial charge in [0.1, 0.15) is 10.6 Å². The SMILES string of the molecule is Cc1ccc(NS(=O)(=O)c2cccc(-c3cccc(OC(F)(F)F)c3)c2)c(S(N)(=O)=O)c1. The lowest BCUT2D eigenvalue weighted by molar-refractivity contribution is -0.274. The maximum atomic E-state index is 12.9. The van der Waals surface area contributed by atoms with Crippen molar-refractivity contribution in [3.8, 4) is 16.9 Å². The molecule has 0 saturated heterocycles. The highest BCUT2D eigenvalue weighted by Gasteiger charge is 2.31. The highest BCUT2D eigenvalue weighted by atomic mass is 32.2. The molecule has 12 heteroatoms. The van der Waals surface area contributed by atoms with E-state index in [1.54, 1.807) is 6.92 Å².